The molecule has 0 aromatic carbocycles. The molecule has 5 heteroatoms. The van der Waals surface area contributed by atoms with Crippen molar-refractivity contribution in [2.75, 3.05) is 27.2 Å². The van der Waals surface area contributed by atoms with Crippen LogP contribution in [0.4, 0.5) is 0 Å². The average Bonchev–Trinajstić information content (AvgIpc) is 2.77. The van der Waals surface area contributed by atoms with Gasteiger partial charge in [0.05, 0.1) is 0 Å². The van der Waals surface area contributed by atoms with Gasteiger partial charge in [-0.05, 0) is 32.9 Å². The van der Waals surface area contributed by atoms with E-state index in [1.54, 1.807) is 11.9 Å². The van der Waals surface area contributed by atoms with Gasteiger partial charge in [-0.2, -0.15) is 0 Å². The van der Waals surface area contributed by atoms with Crippen LogP contribution in [0.15, 0.2) is 0 Å². The van der Waals surface area contributed by atoms with Crippen LogP contribution in [0.1, 0.15) is 25.7 Å². The predicted octanol–water partition coefficient (Wildman–Crippen LogP) is -0.277. The lowest BCUT2D eigenvalue weighted by Gasteiger charge is -2.23. The Balaban J connectivity index is 2.44. The fourth-order valence-electron chi connectivity index (χ4n) is 2.06. The Kier molecular flexibility index (Phi) is 5.25. The Morgan fingerprint density at radius 1 is 1.38 bits per heavy atom. The zero-order valence-corrected chi connectivity index (χ0v) is 10.1. The molecule has 1 rings (SSSR count). The molecule has 16 heavy (non-hydrogen) atoms. The highest BCUT2D eigenvalue weighted by molar-refractivity contribution is 5.88. The van der Waals surface area contributed by atoms with Gasteiger partial charge in [-0.15, -0.1) is 0 Å². The van der Waals surface area contributed by atoms with Gasteiger partial charge >= 0.3 is 0 Å². The molecule has 1 heterocycles. The molecule has 0 spiro atoms. The summed E-state index contributed by atoms with van der Waals surface area (Å²) in [7, 11) is 3.48. The van der Waals surface area contributed by atoms with Crippen molar-refractivity contribution < 1.29 is 9.59 Å². The summed E-state index contributed by atoms with van der Waals surface area (Å²) in [6, 6.07) is -0.243. The lowest BCUT2D eigenvalue weighted by Crippen LogP contribution is -2.44. The summed E-state index contributed by atoms with van der Waals surface area (Å²) in [5, 5.41) is 5.62. The molecule has 0 bridgehead atoms. The van der Waals surface area contributed by atoms with Gasteiger partial charge in [-0.3, -0.25) is 9.59 Å². The first-order chi connectivity index (χ1) is 7.70. The summed E-state index contributed by atoms with van der Waals surface area (Å²) >= 11 is 0. The topological polar surface area (TPSA) is 61.4 Å². The third kappa shape index (κ3) is 3.20. The van der Waals surface area contributed by atoms with E-state index in [0.29, 0.717) is 6.42 Å². The average molecular weight is 227 g/mol. The molecule has 0 aliphatic carbocycles. The van der Waals surface area contributed by atoms with Crippen molar-refractivity contribution in [2.24, 2.45) is 0 Å². The van der Waals surface area contributed by atoms with E-state index in [-0.39, 0.29) is 17.9 Å². The summed E-state index contributed by atoms with van der Waals surface area (Å²) in [5.41, 5.74) is 0. The highest BCUT2D eigenvalue weighted by Crippen LogP contribution is 2.18. The maximum atomic E-state index is 11.9. The molecular weight excluding hydrogens is 206 g/mol. The van der Waals surface area contributed by atoms with Crippen LogP contribution in [-0.4, -0.2) is 49.9 Å². The molecule has 5 nitrogen and oxygen atoms in total. The summed E-state index contributed by atoms with van der Waals surface area (Å²) < 4.78 is 0. The number of carbonyl (C=O) groups is 2. The van der Waals surface area contributed by atoms with Crippen LogP contribution >= 0.6 is 0 Å². The minimum Gasteiger partial charge on any atom is -0.357 e. The summed E-state index contributed by atoms with van der Waals surface area (Å²) in [6.07, 6.45) is 3.06. The van der Waals surface area contributed by atoms with E-state index in [9.17, 15) is 9.59 Å². The van der Waals surface area contributed by atoms with Crippen LogP contribution < -0.4 is 10.6 Å². The second-order valence-corrected chi connectivity index (χ2v) is 4.07. The molecule has 92 valence electrons. The second kappa shape index (κ2) is 6.48. The van der Waals surface area contributed by atoms with Gasteiger partial charge in [-0.1, -0.05) is 0 Å². The van der Waals surface area contributed by atoms with Crippen LogP contribution in [-0.2, 0) is 9.59 Å². The molecule has 1 aliphatic rings. The van der Waals surface area contributed by atoms with Gasteiger partial charge in [0.25, 0.3) is 0 Å². The molecular formula is C11H21N3O2. The number of likely N-dealkylation sites (N-methyl/N-ethyl adjacent to an activating group) is 1. The zero-order valence-electron chi connectivity index (χ0n) is 10.1. The predicted molar refractivity (Wildman–Crippen MR) is 62.0 cm³/mol. The third-order valence-electron chi connectivity index (χ3n) is 2.94. The number of nitrogens with zero attached hydrogens (tertiary/aromatic N) is 1. The van der Waals surface area contributed by atoms with Crippen LogP contribution in [0.25, 0.3) is 0 Å². The maximum absolute atomic E-state index is 11.9. The number of carbonyl (C=O) groups excluding carboxylic acids is 2. The molecule has 1 unspecified atom stereocenters. The first kappa shape index (κ1) is 13.0. The number of rotatable bonds is 5. The van der Waals surface area contributed by atoms with Gasteiger partial charge in [0.2, 0.25) is 11.8 Å². The Bertz CT molecular complexity index is 256. The van der Waals surface area contributed by atoms with E-state index >= 15 is 0 Å². The third-order valence-corrected chi connectivity index (χ3v) is 2.94. The first-order valence-electron chi connectivity index (χ1n) is 5.86. The van der Waals surface area contributed by atoms with E-state index in [4.69, 9.17) is 0 Å². The molecule has 2 N–H and O–H groups in total. The van der Waals surface area contributed by atoms with Crippen LogP contribution in [0, 0.1) is 0 Å². The fraction of sp³-hybridized carbons (Fsp3) is 0.818. The lowest BCUT2D eigenvalue weighted by molar-refractivity contribution is -0.138. The number of hydrogen-bond acceptors (Lipinski definition) is 3. The van der Waals surface area contributed by atoms with Crippen molar-refractivity contribution in [3.05, 3.63) is 0 Å². The number of amides is 2. The molecule has 0 aromatic heterocycles. The van der Waals surface area contributed by atoms with Crippen molar-refractivity contribution in [3.63, 3.8) is 0 Å². The fourth-order valence-corrected chi connectivity index (χ4v) is 2.06. The number of hydrogen-bond donors (Lipinski definition) is 2. The van der Waals surface area contributed by atoms with Gasteiger partial charge in [0, 0.05) is 20.0 Å². The molecule has 1 saturated heterocycles. The highest BCUT2D eigenvalue weighted by atomic mass is 16.2. The van der Waals surface area contributed by atoms with Gasteiger partial charge in [0.15, 0.2) is 0 Å². The summed E-state index contributed by atoms with van der Waals surface area (Å²) in [5.74, 6) is 0.0563. The molecule has 2 amide bonds. The minimum atomic E-state index is -0.243. The second-order valence-electron chi connectivity index (χ2n) is 4.07. The smallest absolute Gasteiger partial charge is 0.242 e. The molecule has 0 aromatic rings. The Hall–Kier alpha value is -1.10. The van der Waals surface area contributed by atoms with E-state index < -0.39 is 0 Å². The molecule has 1 atom stereocenters. The Labute approximate surface area is 96.6 Å². The van der Waals surface area contributed by atoms with Crippen molar-refractivity contribution in [1.82, 2.24) is 15.5 Å². The summed E-state index contributed by atoms with van der Waals surface area (Å²) in [4.78, 5) is 25.1. The summed E-state index contributed by atoms with van der Waals surface area (Å²) in [6.45, 7) is 1.56. The minimum absolute atomic E-state index is 0.0422. The molecule has 0 radical (unpaired) electrons. The van der Waals surface area contributed by atoms with Gasteiger partial charge < -0.3 is 15.5 Å². The van der Waals surface area contributed by atoms with E-state index in [1.807, 2.05) is 7.05 Å². The monoisotopic (exact) mass is 227 g/mol. The quantitative estimate of drug-likeness (QED) is 0.635. The van der Waals surface area contributed by atoms with Crippen molar-refractivity contribution in [1.29, 1.82) is 0 Å². The lowest BCUT2D eigenvalue weighted by atomic mass is 10.2. The largest absolute Gasteiger partial charge is 0.357 e. The number of nitrogens with one attached hydrogen (secondary N) is 2. The van der Waals surface area contributed by atoms with Gasteiger partial charge in [-0.25, -0.2) is 0 Å². The van der Waals surface area contributed by atoms with Crippen molar-refractivity contribution in [2.45, 2.75) is 31.7 Å². The first-order valence-corrected chi connectivity index (χ1v) is 5.86. The van der Waals surface area contributed by atoms with E-state index in [1.165, 1.54) is 0 Å². The van der Waals surface area contributed by atoms with E-state index in [0.717, 1.165) is 32.4 Å². The maximum Gasteiger partial charge on any atom is 0.242 e. The van der Waals surface area contributed by atoms with Crippen molar-refractivity contribution in [3.8, 4) is 0 Å². The molecule has 0 saturated carbocycles. The highest BCUT2D eigenvalue weighted by Gasteiger charge is 2.32. The van der Waals surface area contributed by atoms with E-state index in [2.05, 4.69) is 10.6 Å². The normalized spacial score (nSPS) is 19.9. The standard InChI is InChI=1S/C11H21N3O2/c1-12-7-3-6-10(15)14-8-4-5-9(14)11(16)13-2/h9,12H,3-8H2,1-2H3,(H,13,16). The zero-order chi connectivity index (χ0) is 12.0. The number of likely N-dealkylation sites (tertiary alicyclic amines) is 1. The van der Waals surface area contributed by atoms with Crippen LogP contribution in [0.5, 0.6) is 0 Å². The molecule has 1 fully saturated rings. The Morgan fingerprint density at radius 3 is 2.75 bits per heavy atom. The van der Waals surface area contributed by atoms with Crippen LogP contribution in [0.2, 0.25) is 0 Å². The van der Waals surface area contributed by atoms with Crippen LogP contribution in [0.3, 0.4) is 0 Å². The SMILES string of the molecule is CNCCCC(=O)N1CCCC1C(=O)NC. The Morgan fingerprint density at radius 2 is 2.12 bits per heavy atom. The molecule has 1 aliphatic heterocycles. The van der Waals surface area contributed by atoms with Crippen molar-refractivity contribution >= 4 is 11.8 Å². The van der Waals surface area contributed by atoms with Gasteiger partial charge in [0.1, 0.15) is 6.04 Å².